The highest BCUT2D eigenvalue weighted by molar-refractivity contribution is 6.31. The van der Waals surface area contributed by atoms with Gasteiger partial charge in [-0.25, -0.2) is 9.97 Å². The van der Waals surface area contributed by atoms with E-state index in [0.717, 1.165) is 23.8 Å². The average Bonchev–Trinajstić information content (AvgIpc) is 3.10. The van der Waals surface area contributed by atoms with E-state index in [1.807, 2.05) is 13.8 Å². The quantitative estimate of drug-likeness (QED) is 0.804. The number of unbranched alkanes of at least 4 members (excludes halogenated alkanes) is 1. The summed E-state index contributed by atoms with van der Waals surface area (Å²) >= 11 is 6.23. The first-order valence-electron chi connectivity index (χ1n) is 6.41. The molecule has 1 heterocycles. The lowest BCUT2D eigenvalue weighted by atomic mass is 10.3. The first-order valence-corrected chi connectivity index (χ1v) is 6.78. The van der Waals surface area contributed by atoms with Gasteiger partial charge in [-0.2, -0.15) is 0 Å². The second-order valence-corrected chi connectivity index (χ2v) is 5.14. The Labute approximate surface area is 108 Å². The zero-order valence-electron chi connectivity index (χ0n) is 10.8. The third-order valence-corrected chi connectivity index (χ3v) is 3.51. The molecular weight excluding hydrogens is 234 g/mol. The molecule has 0 spiro atoms. The van der Waals surface area contributed by atoms with Crippen molar-refractivity contribution in [2.45, 2.75) is 52.5 Å². The summed E-state index contributed by atoms with van der Waals surface area (Å²) in [5.74, 6) is 0.880. The lowest BCUT2D eigenvalue weighted by Crippen LogP contribution is -2.28. The monoisotopic (exact) mass is 253 g/mol. The molecule has 0 atom stereocenters. The molecule has 0 unspecified atom stereocenters. The van der Waals surface area contributed by atoms with E-state index in [-0.39, 0.29) is 0 Å². The summed E-state index contributed by atoms with van der Waals surface area (Å²) in [6.45, 7) is 7.19. The molecule has 2 rings (SSSR count). The zero-order valence-corrected chi connectivity index (χ0v) is 11.6. The van der Waals surface area contributed by atoms with Crippen LogP contribution in [-0.4, -0.2) is 22.6 Å². The normalized spacial score (nSPS) is 15.1. The van der Waals surface area contributed by atoms with Crippen molar-refractivity contribution in [2.75, 3.05) is 11.4 Å². The summed E-state index contributed by atoms with van der Waals surface area (Å²) in [7, 11) is 0. The summed E-state index contributed by atoms with van der Waals surface area (Å²) in [4.78, 5) is 11.3. The molecule has 17 heavy (non-hydrogen) atoms. The highest BCUT2D eigenvalue weighted by Gasteiger charge is 2.31. The van der Waals surface area contributed by atoms with Crippen molar-refractivity contribution < 1.29 is 0 Å². The van der Waals surface area contributed by atoms with Crippen molar-refractivity contribution in [1.82, 2.24) is 9.97 Å². The van der Waals surface area contributed by atoms with E-state index >= 15 is 0 Å². The topological polar surface area (TPSA) is 29.0 Å². The maximum atomic E-state index is 6.23. The predicted molar refractivity (Wildman–Crippen MR) is 71.8 cm³/mol. The van der Waals surface area contributed by atoms with Crippen molar-refractivity contribution in [1.29, 1.82) is 0 Å². The molecule has 0 amide bonds. The third-order valence-electron chi connectivity index (χ3n) is 3.26. The molecule has 1 aromatic heterocycles. The maximum absolute atomic E-state index is 6.23. The zero-order chi connectivity index (χ0) is 12.4. The number of aromatic nitrogens is 2. The van der Waals surface area contributed by atoms with Crippen molar-refractivity contribution in [3.05, 3.63) is 16.5 Å². The van der Waals surface area contributed by atoms with E-state index in [4.69, 9.17) is 11.6 Å². The molecule has 0 saturated heterocycles. The number of anilines is 1. The lowest BCUT2D eigenvalue weighted by molar-refractivity contribution is 0.701. The number of hydrogen-bond donors (Lipinski definition) is 0. The van der Waals surface area contributed by atoms with Crippen molar-refractivity contribution in [3.8, 4) is 0 Å². The molecule has 0 radical (unpaired) electrons. The average molecular weight is 254 g/mol. The van der Waals surface area contributed by atoms with Crippen molar-refractivity contribution >= 4 is 17.4 Å². The van der Waals surface area contributed by atoms with E-state index in [1.54, 1.807) is 0 Å². The molecule has 0 N–H and O–H groups in total. The van der Waals surface area contributed by atoms with E-state index in [1.165, 1.54) is 25.7 Å². The van der Waals surface area contributed by atoms with Crippen LogP contribution >= 0.6 is 11.6 Å². The smallest absolute Gasteiger partial charge is 0.171 e. The Morgan fingerprint density at radius 2 is 1.88 bits per heavy atom. The first kappa shape index (κ1) is 12.6. The fourth-order valence-corrected chi connectivity index (χ4v) is 2.20. The van der Waals surface area contributed by atoms with E-state index < -0.39 is 0 Å². The number of aryl methyl sites for hydroxylation is 2. The van der Waals surface area contributed by atoms with Gasteiger partial charge in [0.05, 0.1) is 11.4 Å². The number of hydrogen-bond acceptors (Lipinski definition) is 3. The third kappa shape index (κ3) is 2.89. The van der Waals surface area contributed by atoms with Gasteiger partial charge in [0.2, 0.25) is 0 Å². The van der Waals surface area contributed by atoms with E-state index in [0.29, 0.717) is 11.2 Å². The van der Waals surface area contributed by atoms with Gasteiger partial charge in [-0.3, -0.25) is 0 Å². The van der Waals surface area contributed by atoms with Crippen LogP contribution in [0.3, 0.4) is 0 Å². The van der Waals surface area contributed by atoms with Gasteiger partial charge in [-0.15, -0.1) is 0 Å². The fraction of sp³-hybridized carbons (Fsp3) is 0.692. The van der Waals surface area contributed by atoms with Gasteiger partial charge in [-0.1, -0.05) is 24.9 Å². The van der Waals surface area contributed by atoms with Gasteiger partial charge >= 0.3 is 0 Å². The van der Waals surface area contributed by atoms with Crippen LogP contribution in [0.25, 0.3) is 0 Å². The number of halogens is 1. The summed E-state index contributed by atoms with van der Waals surface area (Å²) in [6, 6.07) is 0.635. The maximum Gasteiger partial charge on any atom is 0.171 e. The Hall–Kier alpha value is -0.830. The highest BCUT2D eigenvalue weighted by atomic mass is 35.5. The Morgan fingerprint density at radius 3 is 2.47 bits per heavy atom. The Kier molecular flexibility index (Phi) is 3.87. The Morgan fingerprint density at radius 1 is 1.24 bits per heavy atom. The molecule has 0 aromatic carbocycles. The molecule has 1 fully saturated rings. The van der Waals surface area contributed by atoms with E-state index in [2.05, 4.69) is 21.8 Å². The molecule has 1 aliphatic carbocycles. The SMILES string of the molecule is CCCCN(c1nc(C)c(C)nc1Cl)C1CC1. The number of nitrogens with zero attached hydrogens (tertiary/aromatic N) is 3. The molecular formula is C13H20ClN3. The van der Waals surface area contributed by atoms with Gasteiger partial charge in [0.25, 0.3) is 0 Å². The largest absolute Gasteiger partial charge is 0.351 e. The summed E-state index contributed by atoms with van der Waals surface area (Å²) in [5, 5.41) is 0.552. The molecule has 1 aromatic rings. The van der Waals surface area contributed by atoms with Crippen LogP contribution in [0.5, 0.6) is 0 Å². The lowest BCUT2D eigenvalue weighted by Gasteiger charge is -2.24. The molecule has 3 nitrogen and oxygen atoms in total. The Bertz CT molecular complexity index is 402. The number of rotatable bonds is 5. The van der Waals surface area contributed by atoms with Crippen LogP contribution in [0.2, 0.25) is 5.15 Å². The molecule has 0 aliphatic heterocycles. The summed E-state index contributed by atoms with van der Waals surface area (Å²) in [6.07, 6.45) is 4.89. The van der Waals surface area contributed by atoms with Gasteiger partial charge in [0.1, 0.15) is 0 Å². The minimum Gasteiger partial charge on any atom is -0.351 e. The van der Waals surface area contributed by atoms with Crippen LogP contribution in [0.15, 0.2) is 0 Å². The van der Waals surface area contributed by atoms with Gasteiger partial charge in [-0.05, 0) is 33.1 Å². The molecule has 0 bridgehead atoms. The van der Waals surface area contributed by atoms with Gasteiger partial charge < -0.3 is 4.90 Å². The molecule has 94 valence electrons. The second kappa shape index (κ2) is 5.21. The Balaban J connectivity index is 2.25. The summed E-state index contributed by atoms with van der Waals surface area (Å²) < 4.78 is 0. The standard InChI is InChI=1S/C13H20ClN3/c1-4-5-8-17(11-6-7-11)13-12(14)15-9(2)10(3)16-13/h11H,4-8H2,1-3H3. The minimum atomic E-state index is 0.552. The first-order chi connectivity index (χ1) is 8.13. The van der Waals surface area contributed by atoms with Gasteiger partial charge in [0.15, 0.2) is 11.0 Å². The molecule has 1 aliphatic rings. The van der Waals surface area contributed by atoms with Crippen LogP contribution in [0.4, 0.5) is 5.82 Å². The fourth-order valence-electron chi connectivity index (χ4n) is 1.92. The molecule has 1 saturated carbocycles. The van der Waals surface area contributed by atoms with Crippen LogP contribution in [0, 0.1) is 13.8 Å². The van der Waals surface area contributed by atoms with Crippen LogP contribution in [-0.2, 0) is 0 Å². The highest BCUT2D eigenvalue weighted by Crippen LogP contribution is 2.34. The summed E-state index contributed by atoms with van der Waals surface area (Å²) in [5.41, 5.74) is 1.90. The van der Waals surface area contributed by atoms with Crippen LogP contribution in [0.1, 0.15) is 44.0 Å². The van der Waals surface area contributed by atoms with Crippen molar-refractivity contribution in [3.63, 3.8) is 0 Å². The van der Waals surface area contributed by atoms with Gasteiger partial charge in [0, 0.05) is 12.6 Å². The van der Waals surface area contributed by atoms with Crippen molar-refractivity contribution in [2.24, 2.45) is 0 Å². The predicted octanol–water partition coefficient (Wildman–Crippen LogP) is 3.52. The molecule has 4 heteroatoms. The second-order valence-electron chi connectivity index (χ2n) is 4.79. The van der Waals surface area contributed by atoms with Crippen LogP contribution < -0.4 is 4.90 Å². The van der Waals surface area contributed by atoms with E-state index in [9.17, 15) is 0 Å². The minimum absolute atomic E-state index is 0.552.